The summed E-state index contributed by atoms with van der Waals surface area (Å²) in [6.07, 6.45) is 2.39. The molecule has 0 fully saturated rings. The highest BCUT2D eigenvalue weighted by atomic mass is 15.0. The van der Waals surface area contributed by atoms with Crippen LogP contribution in [-0.4, -0.2) is 14.5 Å². The van der Waals surface area contributed by atoms with Gasteiger partial charge in [0.15, 0.2) is 0 Å². The highest BCUT2D eigenvalue weighted by molar-refractivity contribution is 6.10. The van der Waals surface area contributed by atoms with Crippen LogP contribution in [0.15, 0.2) is 140 Å². The van der Waals surface area contributed by atoms with Crippen LogP contribution >= 0.6 is 0 Å². The van der Waals surface area contributed by atoms with Gasteiger partial charge in [0, 0.05) is 27.6 Å². The maximum Gasteiger partial charge on any atom is 0.0973 e. The Morgan fingerprint density at radius 3 is 1.71 bits per heavy atom. The summed E-state index contributed by atoms with van der Waals surface area (Å²) in [6, 6.07) is 50.8. The molecule has 3 heteroatoms. The third-order valence-corrected chi connectivity index (χ3v) is 11.6. The van der Waals surface area contributed by atoms with Crippen molar-refractivity contribution in [2.75, 3.05) is 0 Å². The zero-order valence-corrected chi connectivity index (χ0v) is 29.5. The molecule has 0 unspecified atom stereocenters. The Labute approximate surface area is 298 Å². The average molecular weight is 658 g/mol. The fraction of sp³-hybridized carbons (Fsp3) is 0.167. The lowest BCUT2D eigenvalue weighted by molar-refractivity contribution is 0.332. The van der Waals surface area contributed by atoms with Crippen LogP contribution in [-0.2, 0) is 10.8 Å². The highest BCUT2D eigenvalue weighted by Gasteiger charge is 2.37. The number of hydrogen-bond acceptors (Lipinski definition) is 2. The van der Waals surface area contributed by atoms with Crippen molar-refractivity contribution in [1.29, 1.82) is 0 Å². The van der Waals surface area contributed by atoms with E-state index in [0.717, 1.165) is 39.2 Å². The molecule has 7 aromatic carbocycles. The first-order chi connectivity index (χ1) is 24.7. The van der Waals surface area contributed by atoms with Crippen LogP contribution in [0.2, 0.25) is 0 Å². The summed E-state index contributed by atoms with van der Waals surface area (Å²) in [6.45, 7) is 9.66. The van der Waals surface area contributed by atoms with Crippen molar-refractivity contribution in [2.45, 2.75) is 51.4 Å². The number of rotatable bonds is 3. The SMILES string of the molecule is CC1(C)CCC(C)(C)c2cc3c(cc21)c1ccccc1n3-c1ccc2ccc(-c3nc4ccccc4nc3-c3ccc4ccccc4c3)cc2c1. The summed E-state index contributed by atoms with van der Waals surface area (Å²) in [4.78, 5) is 10.5. The number of hydrogen-bond donors (Lipinski definition) is 0. The molecule has 1 aliphatic rings. The first-order valence-corrected chi connectivity index (χ1v) is 18.1. The molecule has 0 bridgehead atoms. The van der Waals surface area contributed by atoms with E-state index in [4.69, 9.17) is 9.97 Å². The molecule has 0 spiro atoms. The van der Waals surface area contributed by atoms with Gasteiger partial charge in [0.25, 0.3) is 0 Å². The quantitative estimate of drug-likeness (QED) is 0.189. The van der Waals surface area contributed by atoms with Crippen molar-refractivity contribution in [2.24, 2.45) is 0 Å². The number of para-hydroxylation sites is 3. The first kappa shape index (κ1) is 30.1. The normalized spacial score (nSPS) is 15.2. The van der Waals surface area contributed by atoms with E-state index in [1.165, 1.54) is 67.3 Å². The Hall–Kier alpha value is -5.80. The van der Waals surface area contributed by atoms with Crippen LogP contribution in [0.3, 0.4) is 0 Å². The molecular weight excluding hydrogens is 619 g/mol. The van der Waals surface area contributed by atoms with Gasteiger partial charge in [0.1, 0.15) is 0 Å². The van der Waals surface area contributed by atoms with Crippen molar-refractivity contribution in [3.63, 3.8) is 0 Å². The van der Waals surface area contributed by atoms with E-state index in [2.05, 4.69) is 154 Å². The van der Waals surface area contributed by atoms with Gasteiger partial charge in [0.05, 0.1) is 33.5 Å². The van der Waals surface area contributed by atoms with Gasteiger partial charge < -0.3 is 4.57 Å². The van der Waals surface area contributed by atoms with Crippen molar-refractivity contribution >= 4 is 54.4 Å². The second kappa shape index (κ2) is 10.8. The molecule has 2 aromatic heterocycles. The van der Waals surface area contributed by atoms with Gasteiger partial charge in [-0.3, -0.25) is 0 Å². The lowest BCUT2D eigenvalue weighted by Crippen LogP contribution is -2.33. The van der Waals surface area contributed by atoms with Gasteiger partial charge in [0.2, 0.25) is 0 Å². The minimum atomic E-state index is 0.127. The molecule has 0 saturated heterocycles. The highest BCUT2D eigenvalue weighted by Crippen LogP contribution is 2.48. The Bertz CT molecular complexity index is 2870. The molecule has 2 heterocycles. The molecule has 0 saturated carbocycles. The van der Waals surface area contributed by atoms with Gasteiger partial charge in [-0.1, -0.05) is 113 Å². The minimum absolute atomic E-state index is 0.127. The molecule has 10 rings (SSSR count). The van der Waals surface area contributed by atoms with E-state index in [0.29, 0.717) is 0 Å². The summed E-state index contributed by atoms with van der Waals surface area (Å²) < 4.78 is 2.48. The van der Waals surface area contributed by atoms with Crippen molar-refractivity contribution < 1.29 is 0 Å². The Kier molecular flexibility index (Phi) is 6.39. The molecule has 0 atom stereocenters. The molecule has 0 aliphatic heterocycles. The standard InChI is InChI=1S/C48H39N3/c1-47(2)23-24-48(3,4)40-29-44-38(28-39(40)47)37-13-7-10-16-43(37)51(44)36-22-21-31-18-20-34(26-35(31)27-36)46-45(49-41-14-8-9-15-42(41)50-46)33-19-17-30-11-5-6-12-32(30)25-33/h5-22,25-29H,23-24H2,1-4H3. The summed E-state index contributed by atoms with van der Waals surface area (Å²) in [7, 11) is 0. The van der Waals surface area contributed by atoms with Gasteiger partial charge in [-0.25, -0.2) is 9.97 Å². The molecule has 0 radical (unpaired) electrons. The second-order valence-electron chi connectivity index (χ2n) is 15.8. The van der Waals surface area contributed by atoms with Crippen molar-refractivity contribution in [3.05, 3.63) is 151 Å². The van der Waals surface area contributed by atoms with E-state index in [9.17, 15) is 0 Å². The summed E-state index contributed by atoms with van der Waals surface area (Å²) >= 11 is 0. The smallest absolute Gasteiger partial charge is 0.0973 e. The lowest BCUT2D eigenvalue weighted by Gasteiger charge is -2.42. The van der Waals surface area contributed by atoms with Crippen LogP contribution in [0.4, 0.5) is 0 Å². The topological polar surface area (TPSA) is 30.7 Å². The molecule has 0 amide bonds. The predicted molar refractivity (Wildman–Crippen MR) is 215 cm³/mol. The minimum Gasteiger partial charge on any atom is -0.309 e. The first-order valence-electron chi connectivity index (χ1n) is 18.1. The predicted octanol–water partition coefficient (Wildman–Crippen LogP) is 12.7. The maximum atomic E-state index is 5.26. The molecule has 1 aliphatic carbocycles. The number of aromatic nitrogens is 3. The van der Waals surface area contributed by atoms with E-state index >= 15 is 0 Å². The van der Waals surface area contributed by atoms with E-state index < -0.39 is 0 Å². The maximum absolute atomic E-state index is 5.26. The van der Waals surface area contributed by atoms with Gasteiger partial charge >= 0.3 is 0 Å². The van der Waals surface area contributed by atoms with Crippen LogP contribution in [0.5, 0.6) is 0 Å². The van der Waals surface area contributed by atoms with Crippen LogP contribution in [0.1, 0.15) is 51.7 Å². The monoisotopic (exact) mass is 657 g/mol. The van der Waals surface area contributed by atoms with Crippen molar-refractivity contribution in [3.8, 4) is 28.2 Å². The molecule has 3 nitrogen and oxygen atoms in total. The van der Waals surface area contributed by atoms with Crippen LogP contribution < -0.4 is 0 Å². The fourth-order valence-corrected chi connectivity index (χ4v) is 8.57. The Balaban J connectivity index is 1.18. The van der Waals surface area contributed by atoms with E-state index in [1.807, 2.05) is 18.2 Å². The third kappa shape index (κ3) is 4.72. The molecular formula is C48H39N3. The van der Waals surface area contributed by atoms with Gasteiger partial charge in [-0.05, 0) is 111 Å². The summed E-state index contributed by atoms with van der Waals surface area (Å²) in [5.74, 6) is 0. The number of nitrogens with zero attached hydrogens (tertiary/aromatic N) is 3. The van der Waals surface area contributed by atoms with E-state index in [-0.39, 0.29) is 10.8 Å². The fourth-order valence-electron chi connectivity index (χ4n) is 8.57. The zero-order valence-electron chi connectivity index (χ0n) is 29.5. The van der Waals surface area contributed by atoms with E-state index in [1.54, 1.807) is 0 Å². The molecule has 9 aromatic rings. The van der Waals surface area contributed by atoms with Crippen LogP contribution in [0.25, 0.3) is 82.6 Å². The zero-order chi connectivity index (χ0) is 34.5. The third-order valence-electron chi connectivity index (χ3n) is 11.6. The molecule has 246 valence electrons. The second-order valence-corrected chi connectivity index (χ2v) is 15.8. The summed E-state index contributed by atoms with van der Waals surface area (Å²) in [5.41, 5.74) is 12.6. The largest absolute Gasteiger partial charge is 0.309 e. The van der Waals surface area contributed by atoms with Crippen molar-refractivity contribution in [1.82, 2.24) is 14.5 Å². The number of fused-ring (bicyclic) bond motifs is 7. The van der Waals surface area contributed by atoms with Gasteiger partial charge in [-0.2, -0.15) is 0 Å². The average Bonchev–Trinajstić information content (AvgIpc) is 3.48. The summed E-state index contributed by atoms with van der Waals surface area (Å²) in [5, 5.41) is 7.41. The molecule has 51 heavy (non-hydrogen) atoms. The number of benzene rings is 7. The van der Waals surface area contributed by atoms with Gasteiger partial charge in [-0.15, -0.1) is 0 Å². The molecule has 0 N–H and O–H groups in total. The Morgan fingerprint density at radius 2 is 1.00 bits per heavy atom. The lowest BCUT2D eigenvalue weighted by atomic mass is 9.63. The Morgan fingerprint density at radius 1 is 0.451 bits per heavy atom. The van der Waals surface area contributed by atoms with Crippen LogP contribution in [0, 0.1) is 0 Å².